The van der Waals surface area contributed by atoms with Crippen molar-refractivity contribution >= 4 is 0 Å². The van der Waals surface area contributed by atoms with Crippen molar-refractivity contribution in [2.75, 3.05) is 0 Å². The van der Waals surface area contributed by atoms with E-state index in [-0.39, 0.29) is 0 Å². The minimum atomic E-state index is 1.18. The van der Waals surface area contributed by atoms with Gasteiger partial charge in [0.15, 0.2) is 0 Å². The molecule has 1 aromatic heterocycles. The summed E-state index contributed by atoms with van der Waals surface area (Å²) >= 11 is 0. The van der Waals surface area contributed by atoms with Crippen LogP contribution in [0.15, 0.2) is 37.7 Å². The second-order valence-corrected chi connectivity index (χ2v) is 8.34. The van der Waals surface area contributed by atoms with Crippen LogP contribution in [0.3, 0.4) is 0 Å². The third-order valence-electron chi connectivity index (χ3n) is 5.87. The van der Waals surface area contributed by atoms with Gasteiger partial charge in [0.1, 0.15) is 12.4 Å². The van der Waals surface area contributed by atoms with E-state index in [4.69, 9.17) is 0 Å². The van der Waals surface area contributed by atoms with E-state index >= 15 is 0 Å². The van der Waals surface area contributed by atoms with Crippen LogP contribution in [0.25, 0.3) is 0 Å². The Labute approximate surface area is 175 Å². The second kappa shape index (κ2) is 17.8. The van der Waals surface area contributed by atoms with Gasteiger partial charge in [-0.15, -0.1) is 13.2 Å². The second-order valence-electron chi connectivity index (χ2n) is 8.34. The van der Waals surface area contributed by atoms with E-state index in [0.717, 1.165) is 0 Å². The number of hydrogen-bond acceptors (Lipinski definition) is 0. The van der Waals surface area contributed by atoms with Crippen LogP contribution in [0.1, 0.15) is 109 Å². The lowest BCUT2D eigenvalue weighted by Gasteiger charge is -2.03. The summed E-state index contributed by atoms with van der Waals surface area (Å²) < 4.78 is 4.90. The summed E-state index contributed by atoms with van der Waals surface area (Å²) in [5, 5.41) is 0. The third kappa shape index (κ3) is 12.2. The summed E-state index contributed by atoms with van der Waals surface area (Å²) in [6.07, 6.45) is 30.1. The van der Waals surface area contributed by atoms with Crippen molar-refractivity contribution in [3.05, 3.63) is 43.5 Å². The highest BCUT2D eigenvalue weighted by Crippen LogP contribution is 2.11. The largest absolute Gasteiger partial charge is 0.253 e. The molecule has 0 aliphatic rings. The van der Waals surface area contributed by atoms with Gasteiger partial charge in [0.05, 0.1) is 13.1 Å². The van der Waals surface area contributed by atoms with Gasteiger partial charge in [-0.05, 0) is 51.4 Å². The summed E-state index contributed by atoms with van der Waals surface area (Å²) in [4.78, 5) is 0. The minimum Gasteiger partial charge on any atom is -0.234 e. The predicted octanol–water partition coefficient (Wildman–Crippen LogP) is 7.70. The molecule has 0 saturated carbocycles. The zero-order valence-corrected chi connectivity index (χ0v) is 18.8. The minimum absolute atomic E-state index is 1.18. The molecule has 0 saturated heterocycles. The van der Waals surface area contributed by atoms with Crippen molar-refractivity contribution in [1.29, 1.82) is 0 Å². The Morgan fingerprint density at radius 1 is 0.714 bits per heavy atom. The fourth-order valence-electron chi connectivity index (χ4n) is 3.92. The first-order valence-electron chi connectivity index (χ1n) is 12.1. The maximum atomic E-state index is 3.79. The molecule has 0 unspecified atom stereocenters. The molecule has 1 aromatic rings. The first kappa shape index (κ1) is 24.7. The molecular weight excluding hydrogens is 340 g/mol. The standard InChI is InChI=1S/C26H47N2/c1-4-6-8-10-12-14-16-18-20-22-27-24-25-28(26(27)3)23-21-19-17-15-13-11-9-7-5-2/h4-5,24-25H,1-2,6-23H2,3H3/q+1. The van der Waals surface area contributed by atoms with Gasteiger partial charge in [0.25, 0.3) is 5.82 Å². The third-order valence-corrected chi connectivity index (χ3v) is 5.87. The highest BCUT2D eigenvalue weighted by molar-refractivity contribution is 4.79. The number of allylic oxidation sites excluding steroid dienone is 2. The van der Waals surface area contributed by atoms with E-state index < -0.39 is 0 Å². The van der Waals surface area contributed by atoms with Crippen LogP contribution >= 0.6 is 0 Å². The Morgan fingerprint density at radius 3 is 1.71 bits per heavy atom. The molecule has 0 bridgehead atoms. The highest BCUT2D eigenvalue weighted by atomic mass is 15.1. The average molecular weight is 388 g/mol. The van der Waals surface area contributed by atoms with E-state index in [1.54, 1.807) is 0 Å². The smallest absolute Gasteiger partial charge is 0.234 e. The van der Waals surface area contributed by atoms with Crippen molar-refractivity contribution in [2.45, 2.75) is 123 Å². The Bertz CT molecular complexity index is 457. The van der Waals surface area contributed by atoms with Crippen LogP contribution in [-0.2, 0) is 13.1 Å². The number of unbranched alkanes of at least 4 members (excludes halogenated alkanes) is 14. The number of aromatic nitrogens is 2. The molecule has 0 aliphatic heterocycles. The lowest BCUT2D eigenvalue weighted by Crippen LogP contribution is -2.35. The molecule has 0 spiro atoms. The van der Waals surface area contributed by atoms with Gasteiger partial charge >= 0.3 is 0 Å². The summed E-state index contributed by atoms with van der Waals surface area (Å²) in [6, 6.07) is 0. The van der Waals surface area contributed by atoms with Crippen molar-refractivity contribution in [1.82, 2.24) is 4.57 Å². The van der Waals surface area contributed by atoms with Crippen LogP contribution < -0.4 is 4.57 Å². The first-order chi connectivity index (χ1) is 13.8. The molecule has 2 heteroatoms. The monoisotopic (exact) mass is 387 g/mol. The molecule has 28 heavy (non-hydrogen) atoms. The molecule has 0 N–H and O–H groups in total. The van der Waals surface area contributed by atoms with Crippen molar-refractivity contribution in [3.8, 4) is 0 Å². The van der Waals surface area contributed by atoms with Crippen LogP contribution in [0, 0.1) is 6.92 Å². The Balaban J connectivity index is 2.02. The van der Waals surface area contributed by atoms with Gasteiger partial charge in [-0.3, -0.25) is 0 Å². The Kier molecular flexibility index (Phi) is 15.7. The van der Waals surface area contributed by atoms with Gasteiger partial charge in [-0.25, -0.2) is 9.13 Å². The SMILES string of the molecule is C=CCCCCCCCCCn1cc[n+](CCCCCCCCCC=C)c1C. The van der Waals surface area contributed by atoms with Crippen molar-refractivity contribution in [2.24, 2.45) is 0 Å². The normalized spacial score (nSPS) is 11.0. The average Bonchev–Trinajstić information content (AvgIpc) is 3.05. The summed E-state index contributed by atoms with van der Waals surface area (Å²) in [5.74, 6) is 1.42. The zero-order valence-electron chi connectivity index (χ0n) is 18.8. The number of nitrogens with zero attached hydrogens (tertiary/aromatic N) is 2. The van der Waals surface area contributed by atoms with Crippen molar-refractivity contribution in [3.63, 3.8) is 0 Å². The topological polar surface area (TPSA) is 8.81 Å². The van der Waals surface area contributed by atoms with Crippen LogP contribution in [-0.4, -0.2) is 4.57 Å². The molecule has 0 amide bonds. The summed E-state index contributed by atoms with van der Waals surface area (Å²) in [7, 11) is 0. The molecule has 1 rings (SSSR count). The number of imidazole rings is 1. The van der Waals surface area contributed by atoms with E-state index in [1.807, 2.05) is 12.2 Å². The maximum absolute atomic E-state index is 3.79. The van der Waals surface area contributed by atoms with Crippen LogP contribution in [0.5, 0.6) is 0 Å². The van der Waals surface area contributed by atoms with Gasteiger partial charge in [0.2, 0.25) is 0 Å². The Morgan fingerprint density at radius 2 is 1.18 bits per heavy atom. The van der Waals surface area contributed by atoms with Crippen LogP contribution in [0.2, 0.25) is 0 Å². The summed E-state index contributed by atoms with van der Waals surface area (Å²) in [6.45, 7) is 12.2. The molecule has 0 aliphatic carbocycles. The lowest BCUT2D eigenvalue weighted by atomic mass is 10.1. The first-order valence-corrected chi connectivity index (χ1v) is 12.1. The molecule has 160 valence electrons. The Hall–Kier alpha value is -1.31. The van der Waals surface area contributed by atoms with Gasteiger partial charge in [-0.2, -0.15) is 0 Å². The van der Waals surface area contributed by atoms with Gasteiger partial charge < -0.3 is 0 Å². The fourth-order valence-corrected chi connectivity index (χ4v) is 3.92. The van der Waals surface area contributed by atoms with Gasteiger partial charge in [-0.1, -0.05) is 63.5 Å². The predicted molar refractivity (Wildman–Crippen MR) is 124 cm³/mol. The van der Waals surface area contributed by atoms with E-state index in [9.17, 15) is 0 Å². The molecular formula is C26H47N2+. The van der Waals surface area contributed by atoms with Gasteiger partial charge in [0, 0.05) is 6.92 Å². The molecule has 0 atom stereocenters. The summed E-state index contributed by atoms with van der Waals surface area (Å²) in [5.41, 5.74) is 0. The van der Waals surface area contributed by atoms with Crippen molar-refractivity contribution < 1.29 is 4.57 Å². The fraction of sp³-hybridized carbons (Fsp3) is 0.731. The number of rotatable bonds is 20. The quantitative estimate of drug-likeness (QED) is 0.123. The maximum Gasteiger partial charge on any atom is 0.253 e. The highest BCUT2D eigenvalue weighted by Gasteiger charge is 2.11. The molecule has 0 radical (unpaired) electrons. The molecule has 2 nitrogen and oxygen atoms in total. The van der Waals surface area contributed by atoms with E-state index in [2.05, 4.69) is 41.6 Å². The van der Waals surface area contributed by atoms with E-state index in [0.29, 0.717) is 0 Å². The molecule has 0 fully saturated rings. The van der Waals surface area contributed by atoms with Crippen LogP contribution in [0.4, 0.5) is 0 Å². The molecule has 0 aromatic carbocycles. The lowest BCUT2D eigenvalue weighted by molar-refractivity contribution is -0.702. The number of hydrogen-bond donors (Lipinski definition) is 0. The zero-order chi connectivity index (χ0) is 20.3. The van der Waals surface area contributed by atoms with E-state index in [1.165, 1.54) is 122 Å². The number of aryl methyl sites for hydroxylation is 2. The molecule has 1 heterocycles.